The summed E-state index contributed by atoms with van der Waals surface area (Å²) in [6.07, 6.45) is -0.0747. The van der Waals surface area contributed by atoms with Gasteiger partial charge in [-0.25, -0.2) is 4.98 Å². The molecule has 1 aliphatic heterocycles. The number of aryl methyl sites for hydroxylation is 1. The Morgan fingerprint density at radius 2 is 2.23 bits per heavy atom. The minimum absolute atomic E-state index is 0.140. The van der Waals surface area contributed by atoms with Gasteiger partial charge in [-0.05, 0) is 18.6 Å². The van der Waals surface area contributed by atoms with Crippen LogP contribution in [0.25, 0.3) is 0 Å². The molecule has 0 bridgehead atoms. The van der Waals surface area contributed by atoms with Crippen LogP contribution in [0.5, 0.6) is 0 Å². The van der Waals surface area contributed by atoms with Crippen LogP contribution in [0.15, 0.2) is 29.8 Å². The lowest BCUT2D eigenvalue weighted by Gasteiger charge is -2.34. The summed E-state index contributed by atoms with van der Waals surface area (Å²) in [4.78, 5) is 31.8. The molecule has 0 spiro atoms. The summed E-state index contributed by atoms with van der Waals surface area (Å²) < 4.78 is 5.58. The molecule has 1 saturated heterocycles. The fourth-order valence-electron chi connectivity index (χ4n) is 2.90. The quantitative estimate of drug-likeness (QED) is 0.846. The summed E-state index contributed by atoms with van der Waals surface area (Å²) in [5.41, 5.74) is 3.47. The number of rotatable bonds is 5. The van der Waals surface area contributed by atoms with Crippen molar-refractivity contribution in [2.75, 3.05) is 20.2 Å². The number of thiazole rings is 1. The van der Waals surface area contributed by atoms with Gasteiger partial charge in [-0.2, -0.15) is 0 Å². The number of carbonyl (C=O) groups is 2. The molecule has 2 atom stereocenters. The van der Waals surface area contributed by atoms with E-state index in [0.717, 1.165) is 17.0 Å². The Labute approximate surface area is 161 Å². The Hall–Kier alpha value is -1.96. The standard InChI is InChI=1S/C18H20ClN3O3S/c1-11-14(26-10-20-11)7-8-22(2)18(24)17-16(21-15(23)9-25-17)12-5-3-4-6-13(12)19/h3-6,10,16-17H,7-9H2,1-2H3,(H,21,23)/t16-,17+/m1/s1. The maximum Gasteiger partial charge on any atom is 0.253 e. The normalized spacial score (nSPS) is 19.9. The molecular formula is C18H20ClN3O3S. The third-order valence-electron chi connectivity index (χ3n) is 4.39. The van der Waals surface area contributed by atoms with Crippen molar-refractivity contribution in [3.8, 4) is 0 Å². The lowest BCUT2D eigenvalue weighted by atomic mass is 9.98. The molecule has 0 saturated carbocycles. The molecule has 2 aromatic rings. The number of carbonyl (C=O) groups excluding carboxylic acids is 2. The molecular weight excluding hydrogens is 374 g/mol. The highest BCUT2D eigenvalue weighted by Crippen LogP contribution is 2.29. The van der Waals surface area contributed by atoms with Crippen LogP contribution in [0.4, 0.5) is 0 Å². The molecule has 1 fully saturated rings. The number of nitrogens with zero attached hydrogens (tertiary/aromatic N) is 2. The second-order valence-corrected chi connectivity index (χ2v) is 7.52. The second kappa shape index (κ2) is 8.16. The minimum atomic E-state index is -0.805. The summed E-state index contributed by atoms with van der Waals surface area (Å²) in [5, 5.41) is 3.32. The van der Waals surface area contributed by atoms with Crippen molar-refractivity contribution in [2.24, 2.45) is 0 Å². The second-order valence-electron chi connectivity index (χ2n) is 6.17. The zero-order chi connectivity index (χ0) is 18.7. The van der Waals surface area contributed by atoms with E-state index >= 15 is 0 Å². The minimum Gasteiger partial charge on any atom is -0.356 e. The molecule has 6 nitrogen and oxygen atoms in total. The summed E-state index contributed by atoms with van der Waals surface area (Å²) in [7, 11) is 1.74. The fraction of sp³-hybridized carbons (Fsp3) is 0.389. The first kappa shape index (κ1) is 18.8. The van der Waals surface area contributed by atoms with Gasteiger partial charge in [-0.15, -0.1) is 11.3 Å². The van der Waals surface area contributed by atoms with E-state index in [1.165, 1.54) is 0 Å². The van der Waals surface area contributed by atoms with Crippen LogP contribution in [-0.4, -0.2) is 48.0 Å². The van der Waals surface area contributed by atoms with Gasteiger partial charge >= 0.3 is 0 Å². The first-order valence-electron chi connectivity index (χ1n) is 8.26. The number of benzene rings is 1. The van der Waals surface area contributed by atoms with Gasteiger partial charge in [0.1, 0.15) is 6.61 Å². The summed E-state index contributed by atoms with van der Waals surface area (Å²) >= 11 is 7.85. The van der Waals surface area contributed by atoms with Gasteiger partial charge < -0.3 is 15.0 Å². The van der Waals surface area contributed by atoms with E-state index in [9.17, 15) is 9.59 Å². The summed E-state index contributed by atoms with van der Waals surface area (Å²) in [5.74, 6) is -0.445. The maximum absolute atomic E-state index is 12.9. The Kier molecular flexibility index (Phi) is 5.90. The number of amides is 2. The summed E-state index contributed by atoms with van der Waals surface area (Å²) in [6.45, 7) is 2.37. The van der Waals surface area contributed by atoms with Crippen molar-refractivity contribution in [1.29, 1.82) is 0 Å². The van der Waals surface area contributed by atoms with Gasteiger partial charge in [0.05, 0.1) is 17.2 Å². The molecule has 138 valence electrons. The molecule has 0 radical (unpaired) electrons. The molecule has 2 heterocycles. The number of ether oxygens (including phenoxy) is 1. The first-order chi connectivity index (χ1) is 12.5. The third kappa shape index (κ3) is 4.06. The zero-order valence-electron chi connectivity index (χ0n) is 14.6. The van der Waals surface area contributed by atoms with Gasteiger partial charge in [-0.1, -0.05) is 29.8 Å². The number of halogens is 1. The number of nitrogens with one attached hydrogen (secondary N) is 1. The Morgan fingerprint density at radius 1 is 1.46 bits per heavy atom. The van der Waals surface area contributed by atoms with Crippen molar-refractivity contribution in [1.82, 2.24) is 15.2 Å². The highest BCUT2D eigenvalue weighted by Gasteiger charge is 2.38. The molecule has 2 amide bonds. The summed E-state index contributed by atoms with van der Waals surface area (Å²) in [6, 6.07) is 6.54. The lowest BCUT2D eigenvalue weighted by Crippen LogP contribution is -2.53. The Morgan fingerprint density at radius 3 is 2.92 bits per heavy atom. The Balaban J connectivity index is 1.74. The molecule has 1 aliphatic rings. The van der Waals surface area contributed by atoms with Gasteiger partial charge in [0.2, 0.25) is 5.91 Å². The van der Waals surface area contributed by atoms with Crippen molar-refractivity contribution in [2.45, 2.75) is 25.5 Å². The SMILES string of the molecule is Cc1ncsc1CCN(C)C(=O)[C@H]1OCC(=O)N[C@@H]1c1ccccc1Cl. The molecule has 26 heavy (non-hydrogen) atoms. The average molecular weight is 394 g/mol. The van der Waals surface area contributed by atoms with Gasteiger partial charge in [0, 0.05) is 29.9 Å². The smallest absolute Gasteiger partial charge is 0.253 e. The molecule has 1 aromatic heterocycles. The van der Waals surface area contributed by atoms with E-state index in [1.807, 2.05) is 13.0 Å². The molecule has 8 heteroatoms. The van der Waals surface area contributed by atoms with Crippen molar-refractivity contribution in [3.05, 3.63) is 50.9 Å². The Bertz CT molecular complexity index is 810. The van der Waals surface area contributed by atoms with Gasteiger partial charge in [-0.3, -0.25) is 9.59 Å². The van der Waals surface area contributed by atoms with Gasteiger partial charge in [0.25, 0.3) is 5.91 Å². The molecule has 1 aromatic carbocycles. The largest absolute Gasteiger partial charge is 0.356 e. The highest BCUT2D eigenvalue weighted by molar-refractivity contribution is 7.09. The third-order valence-corrected chi connectivity index (χ3v) is 5.73. The van der Waals surface area contributed by atoms with Gasteiger partial charge in [0.15, 0.2) is 6.10 Å². The van der Waals surface area contributed by atoms with E-state index in [1.54, 1.807) is 47.0 Å². The molecule has 0 unspecified atom stereocenters. The van der Waals surface area contributed by atoms with Crippen LogP contribution in [-0.2, 0) is 20.7 Å². The van der Waals surface area contributed by atoms with Crippen LogP contribution in [0.1, 0.15) is 22.2 Å². The van der Waals surface area contributed by atoms with Crippen LogP contribution >= 0.6 is 22.9 Å². The topological polar surface area (TPSA) is 71.5 Å². The van der Waals surface area contributed by atoms with Crippen molar-refractivity contribution >= 4 is 34.8 Å². The number of hydrogen-bond donors (Lipinski definition) is 1. The van der Waals surface area contributed by atoms with E-state index in [2.05, 4.69) is 10.3 Å². The fourth-order valence-corrected chi connectivity index (χ4v) is 3.92. The first-order valence-corrected chi connectivity index (χ1v) is 9.52. The average Bonchev–Trinajstić information content (AvgIpc) is 3.04. The highest BCUT2D eigenvalue weighted by atomic mass is 35.5. The van der Waals surface area contributed by atoms with Crippen molar-refractivity contribution in [3.63, 3.8) is 0 Å². The number of likely N-dealkylation sites (N-methyl/N-ethyl adjacent to an activating group) is 1. The van der Waals surface area contributed by atoms with E-state index in [-0.39, 0.29) is 18.4 Å². The van der Waals surface area contributed by atoms with E-state index < -0.39 is 12.1 Å². The number of aromatic nitrogens is 1. The molecule has 1 N–H and O–H groups in total. The predicted molar refractivity (Wildman–Crippen MR) is 100 cm³/mol. The monoisotopic (exact) mass is 393 g/mol. The van der Waals surface area contributed by atoms with E-state index in [4.69, 9.17) is 16.3 Å². The van der Waals surface area contributed by atoms with Crippen molar-refractivity contribution < 1.29 is 14.3 Å². The van der Waals surface area contributed by atoms with Crippen LogP contribution in [0.3, 0.4) is 0 Å². The van der Waals surface area contributed by atoms with Crippen LogP contribution in [0, 0.1) is 6.92 Å². The number of hydrogen-bond acceptors (Lipinski definition) is 5. The molecule has 0 aliphatic carbocycles. The van der Waals surface area contributed by atoms with Crippen LogP contribution in [0.2, 0.25) is 5.02 Å². The lowest BCUT2D eigenvalue weighted by molar-refractivity contribution is -0.154. The number of morpholine rings is 1. The zero-order valence-corrected chi connectivity index (χ0v) is 16.1. The molecule has 3 rings (SSSR count). The van der Waals surface area contributed by atoms with Crippen LogP contribution < -0.4 is 5.32 Å². The maximum atomic E-state index is 12.9. The predicted octanol–water partition coefficient (Wildman–Crippen LogP) is 2.36. The van der Waals surface area contributed by atoms with E-state index in [0.29, 0.717) is 17.1 Å².